The average molecular weight is 656 g/mol. The van der Waals surface area contributed by atoms with Gasteiger partial charge in [-0.15, -0.1) is 0 Å². The molecule has 4 saturated heterocycles. The van der Waals surface area contributed by atoms with E-state index in [0.717, 1.165) is 67.4 Å². The molecule has 2 bridgehead atoms. The Morgan fingerprint density at radius 2 is 1.94 bits per heavy atom. The smallest absolute Gasteiger partial charge is 0.319 e. The molecule has 0 radical (unpaired) electrons. The van der Waals surface area contributed by atoms with Crippen LogP contribution in [0.1, 0.15) is 44.6 Å². The van der Waals surface area contributed by atoms with Gasteiger partial charge in [0.25, 0.3) is 6.08 Å². The number of nitrogens with zero attached hydrogens (tertiary/aromatic N) is 6. The second-order valence-electron chi connectivity index (χ2n) is 13.7. The van der Waals surface area contributed by atoms with E-state index in [1.54, 1.807) is 24.4 Å². The van der Waals surface area contributed by atoms with Crippen molar-refractivity contribution in [2.75, 3.05) is 37.7 Å². The summed E-state index contributed by atoms with van der Waals surface area (Å²) in [5, 5.41) is 15.8. The predicted octanol–water partition coefficient (Wildman–Crippen LogP) is 6.21. The molecule has 0 amide bonds. The molecular weight excluding hydrogens is 619 g/mol. The molecule has 0 unspecified atom stereocenters. The summed E-state index contributed by atoms with van der Waals surface area (Å²) in [6, 6.07) is 9.07. The number of benzene rings is 2. The van der Waals surface area contributed by atoms with Crippen molar-refractivity contribution in [3.8, 4) is 22.9 Å². The third-order valence-electron chi connectivity index (χ3n) is 11.1. The van der Waals surface area contributed by atoms with Gasteiger partial charge in [0.1, 0.15) is 29.3 Å². The first kappa shape index (κ1) is 29.7. The molecule has 9 nitrogen and oxygen atoms in total. The second-order valence-corrected chi connectivity index (χ2v) is 13.7. The van der Waals surface area contributed by atoms with Crippen LogP contribution >= 0.6 is 0 Å². The summed E-state index contributed by atoms with van der Waals surface area (Å²) in [5.74, 6) is 0.516. The molecule has 2 aromatic carbocycles. The van der Waals surface area contributed by atoms with Gasteiger partial charge in [-0.3, -0.25) is 9.30 Å². The fourth-order valence-electron chi connectivity index (χ4n) is 8.95. The molecule has 7 heterocycles. The van der Waals surface area contributed by atoms with Gasteiger partial charge < -0.3 is 20.1 Å². The van der Waals surface area contributed by atoms with E-state index in [0.29, 0.717) is 34.3 Å². The summed E-state index contributed by atoms with van der Waals surface area (Å²) >= 11 is 0. The molecule has 9 rings (SSSR count). The summed E-state index contributed by atoms with van der Waals surface area (Å²) in [5.41, 5.74) is 3.63. The molecule has 48 heavy (non-hydrogen) atoms. The van der Waals surface area contributed by atoms with Crippen LogP contribution in [0.4, 0.5) is 19.0 Å². The summed E-state index contributed by atoms with van der Waals surface area (Å²) in [4.78, 5) is 19.3. The highest BCUT2D eigenvalue weighted by molar-refractivity contribution is 6.05. The predicted molar refractivity (Wildman–Crippen MR) is 177 cm³/mol. The van der Waals surface area contributed by atoms with Crippen molar-refractivity contribution in [1.82, 2.24) is 29.6 Å². The number of phenolic OH excluding ortho intramolecular Hbond substituents is 1. The van der Waals surface area contributed by atoms with Crippen molar-refractivity contribution in [3.63, 3.8) is 0 Å². The number of imidazole rings is 1. The number of aromatic hydroxyl groups is 1. The van der Waals surface area contributed by atoms with Crippen LogP contribution < -0.4 is 15.0 Å². The van der Waals surface area contributed by atoms with Gasteiger partial charge in [0.15, 0.2) is 5.82 Å². The Bertz CT molecular complexity index is 2130. The lowest BCUT2D eigenvalue weighted by molar-refractivity contribution is 0.108. The minimum atomic E-state index is -1.59. The topological polar surface area (TPSA) is 91.1 Å². The number of anilines is 1. The van der Waals surface area contributed by atoms with Crippen LogP contribution in [0.15, 0.2) is 54.4 Å². The first-order valence-electron chi connectivity index (χ1n) is 16.9. The number of phenols is 1. The quantitative estimate of drug-likeness (QED) is 0.223. The van der Waals surface area contributed by atoms with Crippen LogP contribution in [0.3, 0.4) is 0 Å². The van der Waals surface area contributed by atoms with E-state index in [1.807, 2.05) is 23.6 Å². The minimum Gasteiger partial charge on any atom is -0.508 e. The van der Waals surface area contributed by atoms with Crippen molar-refractivity contribution < 1.29 is 23.0 Å². The summed E-state index contributed by atoms with van der Waals surface area (Å²) in [7, 11) is 0. The number of aryl methyl sites for hydroxylation is 1. The Labute approximate surface area is 275 Å². The van der Waals surface area contributed by atoms with Crippen LogP contribution in [0.2, 0.25) is 0 Å². The molecule has 248 valence electrons. The number of hydrogen-bond donors (Lipinski definition) is 2. The number of pyridine rings is 1. The maximum absolute atomic E-state index is 15.2. The van der Waals surface area contributed by atoms with E-state index in [2.05, 4.69) is 15.1 Å². The Morgan fingerprint density at radius 3 is 2.73 bits per heavy atom. The van der Waals surface area contributed by atoms with E-state index in [9.17, 15) is 13.9 Å². The van der Waals surface area contributed by atoms with Crippen LogP contribution in [-0.4, -0.2) is 79.8 Å². The molecule has 5 aromatic rings. The molecule has 0 saturated carbocycles. The lowest BCUT2D eigenvalue weighted by Crippen LogP contribution is -2.52. The molecule has 3 atom stereocenters. The van der Waals surface area contributed by atoms with Crippen LogP contribution in [0.25, 0.3) is 38.6 Å². The van der Waals surface area contributed by atoms with E-state index in [1.165, 1.54) is 6.07 Å². The maximum atomic E-state index is 15.2. The average Bonchev–Trinajstić information content (AvgIpc) is 3.84. The summed E-state index contributed by atoms with van der Waals surface area (Å²) < 4.78 is 51.0. The molecular formula is C36H36F3N7O2. The zero-order valence-electron chi connectivity index (χ0n) is 26.6. The van der Waals surface area contributed by atoms with Crippen molar-refractivity contribution >= 4 is 33.3 Å². The number of hydrogen-bond acceptors (Lipinski definition) is 8. The zero-order chi connectivity index (χ0) is 32.7. The number of rotatable bonds is 6. The highest BCUT2D eigenvalue weighted by Crippen LogP contribution is 2.45. The zero-order valence-corrected chi connectivity index (χ0v) is 26.6. The summed E-state index contributed by atoms with van der Waals surface area (Å²) in [6.45, 7) is 4.83. The molecule has 4 aliphatic rings. The number of ether oxygens (including phenoxy) is 1. The van der Waals surface area contributed by atoms with Crippen molar-refractivity contribution in [1.29, 1.82) is 0 Å². The van der Waals surface area contributed by atoms with E-state index in [4.69, 9.17) is 19.7 Å². The fourth-order valence-corrected chi connectivity index (χ4v) is 8.95. The lowest BCUT2D eigenvalue weighted by atomic mass is 9.93. The van der Waals surface area contributed by atoms with Gasteiger partial charge in [-0.05, 0) is 91.2 Å². The summed E-state index contributed by atoms with van der Waals surface area (Å²) in [6.07, 6.45) is 6.54. The van der Waals surface area contributed by atoms with Gasteiger partial charge in [-0.25, -0.2) is 9.37 Å². The van der Waals surface area contributed by atoms with Gasteiger partial charge in [0.2, 0.25) is 0 Å². The Balaban J connectivity index is 1.24. The van der Waals surface area contributed by atoms with E-state index in [-0.39, 0.29) is 54.8 Å². The molecule has 12 heteroatoms. The van der Waals surface area contributed by atoms with E-state index >= 15 is 4.39 Å². The molecule has 4 fully saturated rings. The third-order valence-corrected chi connectivity index (χ3v) is 11.1. The largest absolute Gasteiger partial charge is 0.508 e. The van der Waals surface area contributed by atoms with Crippen LogP contribution in [0.5, 0.6) is 11.8 Å². The lowest BCUT2D eigenvalue weighted by Gasteiger charge is -2.37. The monoisotopic (exact) mass is 655 g/mol. The molecule has 4 aliphatic heterocycles. The Kier molecular flexibility index (Phi) is 6.84. The van der Waals surface area contributed by atoms with Crippen LogP contribution in [-0.2, 0) is 6.42 Å². The van der Waals surface area contributed by atoms with Crippen molar-refractivity contribution in [2.24, 2.45) is 0 Å². The number of fused-ring (bicyclic) bond motifs is 7. The first-order valence-corrected chi connectivity index (χ1v) is 16.9. The van der Waals surface area contributed by atoms with Crippen molar-refractivity contribution in [2.45, 2.75) is 63.1 Å². The fraction of sp³-hybridized carbons (Fsp3) is 0.417. The SMILES string of the molecule is CCc1c(F)ccc2cc(O)cc(-c3cc4nc(OC[C@@]56CCCN5CC(=C(F)F)C6)nc(N5[C@@H]6CC[C@H]5CNC6)c4n4ccnc34)c12. The van der Waals surface area contributed by atoms with Gasteiger partial charge in [-0.1, -0.05) is 13.0 Å². The highest BCUT2D eigenvalue weighted by atomic mass is 19.3. The van der Waals surface area contributed by atoms with Gasteiger partial charge in [0.05, 0.1) is 11.1 Å². The van der Waals surface area contributed by atoms with Gasteiger partial charge in [0, 0.05) is 55.2 Å². The number of piperazine rings is 1. The number of halogens is 3. The van der Waals surface area contributed by atoms with Gasteiger partial charge >= 0.3 is 6.01 Å². The van der Waals surface area contributed by atoms with Crippen molar-refractivity contribution in [3.05, 3.63) is 65.8 Å². The molecule has 3 aromatic heterocycles. The van der Waals surface area contributed by atoms with E-state index < -0.39 is 11.6 Å². The molecule has 0 aliphatic carbocycles. The van der Waals surface area contributed by atoms with Gasteiger partial charge in [-0.2, -0.15) is 18.7 Å². The third kappa shape index (κ3) is 4.48. The Hall–Kier alpha value is -4.42. The number of nitrogens with one attached hydrogen (secondary N) is 1. The second kappa shape index (κ2) is 11.1. The highest BCUT2D eigenvalue weighted by Gasteiger charge is 2.48. The minimum absolute atomic E-state index is 0.0656. The molecule has 0 spiro atoms. The standard InChI is InChI=1S/C36H36F3N7O2/c1-2-25-28(37)7-4-20-12-24(47)13-26(30(20)25)27-14-29-31(45-11-9-41-33(27)45)34(46-22-5-6-23(46)17-40-16-22)43-35(42-29)48-19-36-8-3-10-44(36)18-21(15-36)32(38)39/h4,7,9,11-14,22-23,40,47H,2-3,5-6,8,10,15-19H2,1H3/t22-,23+,36-/m0/s1. The normalized spacial score (nSPS) is 24.0. The number of aromatic nitrogens is 4. The first-order chi connectivity index (χ1) is 23.3. The Morgan fingerprint density at radius 1 is 1.10 bits per heavy atom. The van der Waals surface area contributed by atoms with Crippen LogP contribution in [0, 0.1) is 5.82 Å². The molecule has 2 N–H and O–H groups in total. The maximum Gasteiger partial charge on any atom is 0.319 e.